The Kier molecular flexibility index (Phi) is 5.22. The lowest BCUT2D eigenvalue weighted by atomic mass is 10.2. The summed E-state index contributed by atoms with van der Waals surface area (Å²) in [6, 6.07) is 5.03. The van der Waals surface area contributed by atoms with Gasteiger partial charge in [0, 0.05) is 20.2 Å². The van der Waals surface area contributed by atoms with Crippen molar-refractivity contribution in [3.05, 3.63) is 34.1 Å². The summed E-state index contributed by atoms with van der Waals surface area (Å²) >= 11 is 3.22. The lowest BCUT2D eigenvalue weighted by molar-refractivity contribution is 0.117. The van der Waals surface area contributed by atoms with Gasteiger partial charge in [0.25, 0.3) is 0 Å². The molecule has 0 aliphatic heterocycles. The van der Waals surface area contributed by atoms with Crippen LogP contribution in [0.15, 0.2) is 22.7 Å². The van der Waals surface area contributed by atoms with E-state index in [0.717, 1.165) is 12.1 Å². The molecule has 1 unspecified atom stereocenters. The molecule has 1 aromatic rings. The van der Waals surface area contributed by atoms with Crippen LogP contribution >= 0.6 is 15.9 Å². The van der Waals surface area contributed by atoms with Crippen LogP contribution in [0.2, 0.25) is 0 Å². The molecule has 1 rings (SSSR count). The fourth-order valence-electron chi connectivity index (χ4n) is 1.18. The van der Waals surface area contributed by atoms with E-state index in [1.54, 1.807) is 13.2 Å². The van der Waals surface area contributed by atoms with Gasteiger partial charge in [0.15, 0.2) is 0 Å². The zero-order valence-corrected chi connectivity index (χ0v) is 10.5. The van der Waals surface area contributed by atoms with E-state index >= 15 is 0 Å². The summed E-state index contributed by atoms with van der Waals surface area (Å²) in [5.74, 6) is -0.228. The number of benzene rings is 1. The molecule has 0 aromatic heterocycles. The minimum atomic E-state index is -0.228. The van der Waals surface area contributed by atoms with Crippen LogP contribution in [0.25, 0.3) is 0 Å². The van der Waals surface area contributed by atoms with Crippen LogP contribution in [0, 0.1) is 5.82 Å². The normalized spacial score (nSPS) is 12.8. The van der Waals surface area contributed by atoms with E-state index < -0.39 is 0 Å². The van der Waals surface area contributed by atoms with Crippen LogP contribution in [-0.4, -0.2) is 19.8 Å². The van der Waals surface area contributed by atoms with Crippen molar-refractivity contribution in [2.75, 3.05) is 13.7 Å². The van der Waals surface area contributed by atoms with Crippen LogP contribution in [-0.2, 0) is 11.3 Å². The highest BCUT2D eigenvalue weighted by Gasteiger charge is 2.05. The number of hydrogen-bond donors (Lipinski definition) is 1. The van der Waals surface area contributed by atoms with Crippen molar-refractivity contribution in [3.63, 3.8) is 0 Å². The highest BCUT2D eigenvalue weighted by atomic mass is 79.9. The van der Waals surface area contributed by atoms with Gasteiger partial charge < -0.3 is 10.1 Å². The second-order valence-electron chi connectivity index (χ2n) is 3.39. The van der Waals surface area contributed by atoms with Gasteiger partial charge in [0.1, 0.15) is 5.82 Å². The zero-order valence-electron chi connectivity index (χ0n) is 8.89. The van der Waals surface area contributed by atoms with E-state index in [4.69, 9.17) is 4.74 Å². The molecule has 1 N–H and O–H groups in total. The smallest absolute Gasteiger partial charge is 0.137 e. The summed E-state index contributed by atoms with van der Waals surface area (Å²) in [5.41, 5.74) is 0.915. The Hall–Kier alpha value is -0.450. The van der Waals surface area contributed by atoms with E-state index in [9.17, 15) is 4.39 Å². The summed E-state index contributed by atoms with van der Waals surface area (Å²) in [4.78, 5) is 0. The summed E-state index contributed by atoms with van der Waals surface area (Å²) in [6.45, 7) is 3.36. The zero-order chi connectivity index (χ0) is 11.3. The van der Waals surface area contributed by atoms with E-state index in [1.165, 1.54) is 6.07 Å². The van der Waals surface area contributed by atoms with Gasteiger partial charge in [-0.25, -0.2) is 4.39 Å². The Balaban J connectivity index is 2.47. The molecule has 0 saturated carbocycles. The molecule has 0 amide bonds. The molecular weight excluding hydrogens is 261 g/mol. The molecule has 0 saturated heterocycles. The number of halogens is 2. The van der Waals surface area contributed by atoms with Crippen LogP contribution in [0.5, 0.6) is 0 Å². The van der Waals surface area contributed by atoms with Gasteiger partial charge in [0.05, 0.1) is 10.6 Å². The van der Waals surface area contributed by atoms with Crippen LogP contribution in [0.1, 0.15) is 12.5 Å². The number of methoxy groups -OCH3 is 1. The van der Waals surface area contributed by atoms with Gasteiger partial charge in [-0.2, -0.15) is 0 Å². The first-order chi connectivity index (χ1) is 7.15. The lowest BCUT2D eigenvalue weighted by Gasteiger charge is -2.11. The Morgan fingerprint density at radius 3 is 2.93 bits per heavy atom. The van der Waals surface area contributed by atoms with Crippen molar-refractivity contribution < 1.29 is 9.13 Å². The molecule has 1 atom stereocenters. The van der Waals surface area contributed by atoms with Crippen molar-refractivity contribution in [3.8, 4) is 0 Å². The quantitative estimate of drug-likeness (QED) is 0.892. The molecule has 0 heterocycles. The summed E-state index contributed by atoms with van der Waals surface area (Å²) < 4.78 is 18.8. The van der Waals surface area contributed by atoms with Crippen molar-refractivity contribution in [2.45, 2.75) is 19.6 Å². The van der Waals surface area contributed by atoms with Gasteiger partial charge >= 0.3 is 0 Å². The average Bonchev–Trinajstić information content (AvgIpc) is 2.24. The van der Waals surface area contributed by atoms with Crippen LogP contribution < -0.4 is 5.32 Å². The molecule has 0 radical (unpaired) electrons. The Bertz CT molecular complexity index is 319. The Labute approximate surface area is 98.0 Å². The molecular formula is C11H15BrFNO. The minimum absolute atomic E-state index is 0.164. The molecule has 0 aliphatic carbocycles. The van der Waals surface area contributed by atoms with E-state index in [2.05, 4.69) is 21.2 Å². The molecule has 0 bridgehead atoms. The number of nitrogens with one attached hydrogen (secondary N) is 1. The maximum atomic E-state index is 13.1. The highest BCUT2D eigenvalue weighted by molar-refractivity contribution is 9.10. The Morgan fingerprint density at radius 1 is 1.53 bits per heavy atom. The van der Waals surface area contributed by atoms with Crippen LogP contribution in [0.4, 0.5) is 4.39 Å². The molecule has 2 nitrogen and oxygen atoms in total. The second kappa shape index (κ2) is 6.20. The number of rotatable bonds is 5. The van der Waals surface area contributed by atoms with E-state index in [-0.39, 0.29) is 11.9 Å². The van der Waals surface area contributed by atoms with E-state index in [0.29, 0.717) is 11.0 Å². The fraction of sp³-hybridized carbons (Fsp3) is 0.455. The maximum Gasteiger partial charge on any atom is 0.137 e. The monoisotopic (exact) mass is 275 g/mol. The maximum absolute atomic E-state index is 13.1. The standard InChI is InChI=1S/C11H15BrFNO/c1-8(15-2)6-14-7-9-4-3-5-10(13)11(9)12/h3-5,8,14H,6-7H2,1-2H3. The Morgan fingerprint density at radius 2 is 2.27 bits per heavy atom. The predicted molar refractivity (Wildman–Crippen MR) is 62.3 cm³/mol. The third kappa shape index (κ3) is 3.89. The van der Waals surface area contributed by atoms with Crippen molar-refractivity contribution in [2.24, 2.45) is 0 Å². The van der Waals surface area contributed by atoms with Gasteiger partial charge in [-0.1, -0.05) is 12.1 Å². The van der Waals surface area contributed by atoms with Gasteiger partial charge in [-0.15, -0.1) is 0 Å². The first-order valence-corrected chi connectivity index (χ1v) is 5.61. The van der Waals surface area contributed by atoms with Crippen LogP contribution in [0.3, 0.4) is 0 Å². The predicted octanol–water partition coefficient (Wildman–Crippen LogP) is 2.71. The largest absolute Gasteiger partial charge is 0.380 e. The SMILES string of the molecule is COC(C)CNCc1cccc(F)c1Br. The van der Waals surface area contributed by atoms with Crippen molar-refractivity contribution in [1.29, 1.82) is 0 Å². The third-order valence-electron chi connectivity index (χ3n) is 2.18. The molecule has 0 fully saturated rings. The third-order valence-corrected chi connectivity index (χ3v) is 3.07. The topological polar surface area (TPSA) is 21.3 Å². The van der Waals surface area contributed by atoms with Crippen molar-refractivity contribution in [1.82, 2.24) is 5.32 Å². The number of ether oxygens (including phenoxy) is 1. The number of hydrogen-bond acceptors (Lipinski definition) is 2. The molecule has 4 heteroatoms. The minimum Gasteiger partial charge on any atom is -0.380 e. The first-order valence-electron chi connectivity index (χ1n) is 4.81. The highest BCUT2D eigenvalue weighted by Crippen LogP contribution is 2.19. The molecule has 0 spiro atoms. The summed E-state index contributed by atoms with van der Waals surface area (Å²) in [7, 11) is 1.67. The molecule has 15 heavy (non-hydrogen) atoms. The molecule has 1 aromatic carbocycles. The summed E-state index contributed by atoms with van der Waals surface area (Å²) in [5, 5.41) is 3.20. The van der Waals surface area contributed by atoms with Crippen molar-refractivity contribution >= 4 is 15.9 Å². The average molecular weight is 276 g/mol. The van der Waals surface area contributed by atoms with Gasteiger partial charge in [-0.05, 0) is 34.5 Å². The van der Waals surface area contributed by atoms with Gasteiger partial charge in [-0.3, -0.25) is 0 Å². The first kappa shape index (κ1) is 12.6. The fourth-order valence-corrected chi connectivity index (χ4v) is 1.58. The van der Waals surface area contributed by atoms with Gasteiger partial charge in [0.2, 0.25) is 0 Å². The van der Waals surface area contributed by atoms with E-state index in [1.807, 2.05) is 13.0 Å². The molecule has 84 valence electrons. The lowest BCUT2D eigenvalue weighted by Crippen LogP contribution is -2.25. The summed E-state index contributed by atoms with van der Waals surface area (Å²) in [6.07, 6.45) is 0.164. The molecule has 0 aliphatic rings. The second-order valence-corrected chi connectivity index (χ2v) is 4.18.